The lowest BCUT2D eigenvalue weighted by Crippen LogP contribution is -2.12. The Bertz CT molecular complexity index is 386. The summed E-state index contributed by atoms with van der Waals surface area (Å²) >= 11 is 0. The van der Waals surface area contributed by atoms with Gasteiger partial charge in [0.15, 0.2) is 0 Å². The zero-order chi connectivity index (χ0) is 11.4. The highest BCUT2D eigenvalue weighted by Crippen LogP contribution is 2.18. The molecule has 0 aliphatic rings. The van der Waals surface area contributed by atoms with Crippen molar-refractivity contribution in [1.82, 2.24) is 0 Å². The van der Waals surface area contributed by atoms with Crippen molar-refractivity contribution in [2.45, 2.75) is 26.7 Å². The second kappa shape index (κ2) is 5.02. The first-order valence-electron chi connectivity index (χ1n) is 5.28. The molecule has 0 heterocycles. The van der Waals surface area contributed by atoms with Crippen LogP contribution in [0.4, 0.5) is 0 Å². The van der Waals surface area contributed by atoms with Gasteiger partial charge in [0.25, 0.3) is 0 Å². The van der Waals surface area contributed by atoms with Gasteiger partial charge in [-0.25, -0.2) is 0 Å². The van der Waals surface area contributed by atoms with Crippen LogP contribution in [0.25, 0.3) is 5.57 Å². The molecule has 1 rings (SSSR count). The maximum absolute atomic E-state index is 6.01. The van der Waals surface area contributed by atoms with Crippen LogP contribution in [0.5, 0.6) is 0 Å². The van der Waals surface area contributed by atoms with Crippen LogP contribution in [0.3, 0.4) is 0 Å². The molecule has 2 radical (unpaired) electrons. The molecule has 0 amide bonds. The minimum absolute atomic E-state index is 0.469. The molecule has 0 saturated carbocycles. The quantitative estimate of drug-likeness (QED) is 0.514. The molecule has 0 aromatic heterocycles. The summed E-state index contributed by atoms with van der Waals surface area (Å²) in [4.78, 5) is 0. The summed E-state index contributed by atoms with van der Waals surface area (Å²) < 4.78 is 0. The highest BCUT2D eigenvalue weighted by Gasteiger charge is 2.04. The Morgan fingerprint density at radius 1 is 1.40 bits per heavy atom. The third-order valence-electron chi connectivity index (χ3n) is 2.57. The van der Waals surface area contributed by atoms with Crippen LogP contribution >= 0.6 is 0 Å². The first-order valence-corrected chi connectivity index (χ1v) is 5.28. The molecule has 0 N–H and O–H groups in total. The van der Waals surface area contributed by atoms with E-state index in [1.165, 1.54) is 5.56 Å². The molecular formula is C14H17B. The van der Waals surface area contributed by atoms with Gasteiger partial charge in [-0.2, -0.15) is 0 Å². The number of benzene rings is 1. The molecule has 0 nitrogen and oxygen atoms in total. The molecule has 0 bridgehead atoms. The standard InChI is InChI=1S/C14H17B/c1-5-11(6-2)12-7-8-13(10(3)4)14(15)9-12/h5-10H,1H2,2-4H3/b11-6+. The van der Waals surface area contributed by atoms with Gasteiger partial charge in [0.2, 0.25) is 0 Å². The first kappa shape index (κ1) is 11.8. The Balaban J connectivity index is 3.17. The van der Waals surface area contributed by atoms with Gasteiger partial charge in [0.05, 0.1) is 0 Å². The lowest BCUT2D eigenvalue weighted by atomic mass is 9.83. The minimum Gasteiger partial charge on any atom is -0.0985 e. The number of rotatable bonds is 3. The first-order chi connectivity index (χ1) is 7.10. The topological polar surface area (TPSA) is 0 Å². The zero-order valence-electron chi connectivity index (χ0n) is 9.75. The van der Waals surface area contributed by atoms with Crippen LogP contribution in [-0.4, -0.2) is 7.85 Å². The fourth-order valence-electron chi connectivity index (χ4n) is 1.68. The number of allylic oxidation sites excluding steroid dienone is 3. The Morgan fingerprint density at radius 3 is 2.47 bits per heavy atom. The van der Waals surface area contributed by atoms with Crippen LogP contribution in [0.15, 0.2) is 36.9 Å². The van der Waals surface area contributed by atoms with E-state index in [9.17, 15) is 0 Å². The van der Waals surface area contributed by atoms with Crippen molar-refractivity contribution in [2.24, 2.45) is 0 Å². The SMILES string of the molecule is [B]c1cc(/C(C=C)=C/C)ccc1C(C)C. The van der Waals surface area contributed by atoms with Crippen LogP contribution in [0.1, 0.15) is 37.8 Å². The van der Waals surface area contributed by atoms with Crippen LogP contribution in [-0.2, 0) is 0 Å². The highest BCUT2D eigenvalue weighted by molar-refractivity contribution is 6.33. The largest absolute Gasteiger partial charge is 0.114 e. The molecular weight excluding hydrogens is 179 g/mol. The second-order valence-electron chi connectivity index (χ2n) is 3.95. The van der Waals surface area contributed by atoms with Crippen molar-refractivity contribution in [2.75, 3.05) is 0 Å². The van der Waals surface area contributed by atoms with Gasteiger partial charge in [-0.05, 0) is 24.0 Å². The smallest absolute Gasteiger partial charge is 0.0985 e. The van der Waals surface area contributed by atoms with E-state index < -0.39 is 0 Å². The molecule has 76 valence electrons. The lowest BCUT2D eigenvalue weighted by molar-refractivity contribution is 0.873. The number of hydrogen-bond acceptors (Lipinski definition) is 0. The van der Waals surface area contributed by atoms with Gasteiger partial charge >= 0.3 is 0 Å². The van der Waals surface area contributed by atoms with Crippen LogP contribution < -0.4 is 5.46 Å². The second-order valence-corrected chi connectivity index (χ2v) is 3.95. The summed E-state index contributed by atoms with van der Waals surface area (Å²) in [6, 6.07) is 6.22. The molecule has 0 fully saturated rings. The molecule has 0 aliphatic carbocycles. The summed E-state index contributed by atoms with van der Waals surface area (Å²) in [6.07, 6.45) is 3.89. The predicted octanol–water partition coefficient (Wildman–Crippen LogP) is 3.19. The fourth-order valence-corrected chi connectivity index (χ4v) is 1.68. The average Bonchev–Trinajstić information content (AvgIpc) is 2.19. The van der Waals surface area contributed by atoms with E-state index in [2.05, 4.69) is 32.6 Å². The molecule has 1 heteroatoms. The summed E-state index contributed by atoms with van der Waals surface area (Å²) in [5, 5.41) is 0. The summed E-state index contributed by atoms with van der Waals surface area (Å²) in [5.74, 6) is 0.469. The molecule has 0 spiro atoms. The summed E-state index contributed by atoms with van der Waals surface area (Å²) in [6.45, 7) is 10.1. The molecule has 15 heavy (non-hydrogen) atoms. The Hall–Kier alpha value is -1.24. The van der Waals surface area contributed by atoms with Gasteiger partial charge in [-0.3, -0.25) is 0 Å². The van der Waals surface area contributed by atoms with Crippen molar-refractivity contribution < 1.29 is 0 Å². The Morgan fingerprint density at radius 2 is 2.07 bits per heavy atom. The monoisotopic (exact) mass is 196 g/mol. The predicted molar refractivity (Wildman–Crippen MR) is 69.8 cm³/mol. The molecule has 0 atom stereocenters. The molecule has 1 aromatic rings. The zero-order valence-corrected chi connectivity index (χ0v) is 9.75. The summed E-state index contributed by atoms with van der Waals surface area (Å²) in [5.41, 5.74) is 4.33. The number of hydrogen-bond donors (Lipinski definition) is 0. The Labute approximate surface area is 94.1 Å². The van der Waals surface area contributed by atoms with Crippen molar-refractivity contribution in [3.05, 3.63) is 48.1 Å². The minimum atomic E-state index is 0.469. The highest BCUT2D eigenvalue weighted by atomic mass is 14.1. The average molecular weight is 196 g/mol. The Kier molecular flexibility index (Phi) is 3.96. The van der Waals surface area contributed by atoms with E-state index in [1.54, 1.807) is 0 Å². The lowest BCUT2D eigenvalue weighted by Gasteiger charge is -2.12. The van der Waals surface area contributed by atoms with Gasteiger partial charge in [0, 0.05) is 0 Å². The third kappa shape index (κ3) is 2.62. The van der Waals surface area contributed by atoms with Crippen molar-refractivity contribution in [1.29, 1.82) is 0 Å². The van der Waals surface area contributed by atoms with Gasteiger partial charge in [0.1, 0.15) is 7.85 Å². The summed E-state index contributed by atoms with van der Waals surface area (Å²) in [7, 11) is 6.01. The van der Waals surface area contributed by atoms with E-state index >= 15 is 0 Å². The van der Waals surface area contributed by atoms with Crippen LogP contribution in [0, 0.1) is 0 Å². The van der Waals surface area contributed by atoms with E-state index in [4.69, 9.17) is 7.85 Å². The van der Waals surface area contributed by atoms with Crippen molar-refractivity contribution in [3.63, 3.8) is 0 Å². The van der Waals surface area contributed by atoms with Crippen molar-refractivity contribution >= 4 is 18.9 Å². The van der Waals surface area contributed by atoms with Gasteiger partial charge in [-0.15, -0.1) is 0 Å². The molecule has 0 saturated heterocycles. The van der Waals surface area contributed by atoms with Gasteiger partial charge in [-0.1, -0.05) is 61.8 Å². The van der Waals surface area contributed by atoms with E-state index in [1.807, 2.05) is 25.1 Å². The molecule has 0 unspecified atom stereocenters. The molecule has 1 aromatic carbocycles. The normalized spacial score (nSPS) is 11.9. The molecule has 0 aliphatic heterocycles. The maximum atomic E-state index is 6.01. The van der Waals surface area contributed by atoms with E-state index in [0.717, 1.165) is 16.6 Å². The third-order valence-corrected chi connectivity index (χ3v) is 2.57. The van der Waals surface area contributed by atoms with Crippen LogP contribution in [0.2, 0.25) is 0 Å². The van der Waals surface area contributed by atoms with E-state index in [-0.39, 0.29) is 0 Å². The van der Waals surface area contributed by atoms with Gasteiger partial charge < -0.3 is 0 Å². The van der Waals surface area contributed by atoms with E-state index in [0.29, 0.717) is 5.92 Å². The van der Waals surface area contributed by atoms with Crippen molar-refractivity contribution in [3.8, 4) is 0 Å². The fraction of sp³-hybridized carbons (Fsp3) is 0.286. The maximum Gasteiger partial charge on any atom is 0.114 e.